The normalized spacial score (nSPS) is 17.2. The van der Waals surface area contributed by atoms with Crippen molar-refractivity contribution in [3.05, 3.63) is 52.3 Å². The lowest BCUT2D eigenvalue weighted by Crippen LogP contribution is -2.47. The third kappa shape index (κ3) is 3.70. The van der Waals surface area contributed by atoms with Crippen molar-refractivity contribution in [2.75, 3.05) is 31.1 Å². The number of benzene rings is 1. The van der Waals surface area contributed by atoms with E-state index in [2.05, 4.69) is 55.2 Å². The van der Waals surface area contributed by atoms with E-state index < -0.39 is 12.0 Å². The van der Waals surface area contributed by atoms with Crippen LogP contribution in [-0.2, 0) is 6.18 Å². The Hall–Kier alpha value is -2.20. The van der Waals surface area contributed by atoms with E-state index in [9.17, 15) is 13.2 Å². The lowest BCUT2D eigenvalue weighted by Gasteiger charge is -2.38. The highest BCUT2D eigenvalue weighted by atomic mass is 79.9. The van der Waals surface area contributed by atoms with Crippen LogP contribution in [0.4, 0.5) is 19.0 Å². The number of hydrogen-bond donors (Lipinski definition) is 0. The first kappa shape index (κ1) is 19.1. The molecule has 0 spiro atoms. The van der Waals surface area contributed by atoms with Crippen molar-refractivity contribution in [1.82, 2.24) is 24.7 Å². The Morgan fingerprint density at radius 3 is 2.29 bits per heavy atom. The first-order valence-corrected chi connectivity index (χ1v) is 9.66. The summed E-state index contributed by atoms with van der Waals surface area (Å²) in [4.78, 5) is 4.35. The molecule has 1 aliphatic rings. The molecule has 148 valence electrons. The molecule has 3 heterocycles. The third-order valence-electron chi connectivity index (χ3n) is 5.04. The summed E-state index contributed by atoms with van der Waals surface area (Å²) in [5.41, 5.74) is 1.31. The van der Waals surface area contributed by atoms with Crippen molar-refractivity contribution >= 4 is 27.4 Å². The summed E-state index contributed by atoms with van der Waals surface area (Å²) in [5, 5.41) is 10.9. The van der Waals surface area contributed by atoms with Crippen molar-refractivity contribution in [3.63, 3.8) is 0 Å². The molecule has 1 saturated heterocycles. The Kier molecular flexibility index (Phi) is 5.00. The molecule has 0 radical (unpaired) electrons. The van der Waals surface area contributed by atoms with Gasteiger partial charge in [0.1, 0.15) is 5.82 Å². The smallest absolute Gasteiger partial charge is 0.353 e. The Labute approximate surface area is 168 Å². The first-order valence-electron chi connectivity index (χ1n) is 8.87. The summed E-state index contributed by atoms with van der Waals surface area (Å²) in [7, 11) is 0. The maximum atomic E-state index is 13.1. The number of alkyl halides is 3. The second-order valence-electron chi connectivity index (χ2n) is 6.73. The van der Waals surface area contributed by atoms with E-state index in [1.165, 1.54) is 11.6 Å². The number of piperazine rings is 1. The average molecular weight is 455 g/mol. The fraction of sp³-hybridized carbons (Fsp3) is 0.389. The van der Waals surface area contributed by atoms with Crippen LogP contribution < -0.4 is 4.90 Å². The number of fused-ring (bicyclic) bond motifs is 1. The van der Waals surface area contributed by atoms with Crippen LogP contribution in [0.3, 0.4) is 0 Å². The highest BCUT2D eigenvalue weighted by Crippen LogP contribution is 2.28. The number of nitrogens with zero attached hydrogens (tertiary/aromatic N) is 6. The number of aromatic nitrogens is 4. The third-order valence-corrected chi connectivity index (χ3v) is 5.57. The summed E-state index contributed by atoms with van der Waals surface area (Å²) in [6, 6.07) is 11.7. The van der Waals surface area contributed by atoms with Gasteiger partial charge in [-0.2, -0.15) is 17.7 Å². The van der Waals surface area contributed by atoms with Crippen molar-refractivity contribution in [3.8, 4) is 0 Å². The summed E-state index contributed by atoms with van der Waals surface area (Å²) in [5.74, 6) is -0.611. The van der Waals surface area contributed by atoms with Gasteiger partial charge in [-0.05, 0) is 36.8 Å². The van der Waals surface area contributed by atoms with Gasteiger partial charge in [-0.1, -0.05) is 28.1 Å². The zero-order chi connectivity index (χ0) is 19.9. The predicted molar refractivity (Wildman–Crippen MR) is 102 cm³/mol. The molecule has 0 saturated carbocycles. The minimum absolute atomic E-state index is 0.0820. The number of rotatable bonds is 3. The van der Waals surface area contributed by atoms with Crippen LogP contribution in [0.2, 0.25) is 0 Å². The lowest BCUT2D eigenvalue weighted by atomic mass is 10.1. The van der Waals surface area contributed by atoms with Gasteiger partial charge in [-0.15, -0.1) is 15.3 Å². The van der Waals surface area contributed by atoms with Gasteiger partial charge in [0.25, 0.3) is 5.82 Å². The predicted octanol–water partition coefficient (Wildman–Crippen LogP) is 3.79. The summed E-state index contributed by atoms with van der Waals surface area (Å²) in [6.45, 7) is 5.12. The fourth-order valence-electron chi connectivity index (χ4n) is 3.42. The van der Waals surface area contributed by atoms with Gasteiger partial charge in [0.2, 0.25) is 0 Å². The number of anilines is 1. The van der Waals surface area contributed by atoms with Crippen LogP contribution in [0.1, 0.15) is 24.4 Å². The van der Waals surface area contributed by atoms with Crippen LogP contribution in [0.5, 0.6) is 0 Å². The zero-order valence-electron chi connectivity index (χ0n) is 15.1. The molecular formula is C18H18BrF3N6. The van der Waals surface area contributed by atoms with E-state index in [0.717, 1.165) is 22.1 Å². The fourth-order valence-corrected chi connectivity index (χ4v) is 3.68. The van der Waals surface area contributed by atoms with E-state index in [0.29, 0.717) is 18.9 Å². The molecule has 4 rings (SSSR count). The molecule has 1 aromatic carbocycles. The molecule has 10 heteroatoms. The SMILES string of the molecule is CC(c1ccc(Br)cc1)N1CCN(c2ccc3nnc(C(F)(F)F)n3n2)CC1. The van der Waals surface area contributed by atoms with E-state index in [1.54, 1.807) is 6.07 Å². The van der Waals surface area contributed by atoms with Crippen molar-refractivity contribution < 1.29 is 13.2 Å². The maximum absolute atomic E-state index is 13.1. The monoisotopic (exact) mass is 454 g/mol. The molecule has 0 amide bonds. The molecule has 1 aliphatic heterocycles. The quantitative estimate of drug-likeness (QED) is 0.602. The molecule has 6 nitrogen and oxygen atoms in total. The van der Waals surface area contributed by atoms with Gasteiger partial charge in [-0.25, -0.2) is 0 Å². The van der Waals surface area contributed by atoms with Crippen molar-refractivity contribution in [2.24, 2.45) is 0 Å². The summed E-state index contributed by atoms with van der Waals surface area (Å²) >= 11 is 3.45. The van der Waals surface area contributed by atoms with Gasteiger partial charge in [0, 0.05) is 36.7 Å². The number of hydrogen-bond acceptors (Lipinski definition) is 5. The average Bonchev–Trinajstić information content (AvgIpc) is 3.12. The van der Waals surface area contributed by atoms with Crippen LogP contribution in [0.25, 0.3) is 5.65 Å². The molecule has 1 unspecified atom stereocenters. The number of halogens is 4. The Bertz CT molecular complexity index is 964. The maximum Gasteiger partial charge on any atom is 0.453 e. The largest absolute Gasteiger partial charge is 0.453 e. The molecule has 0 bridgehead atoms. The van der Waals surface area contributed by atoms with Crippen LogP contribution in [0.15, 0.2) is 40.9 Å². The van der Waals surface area contributed by atoms with Gasteiger partial charge in [-0.3, -0.25) is 4.90 Å². The second kappa shape index (κ2) is 7.32. The molecule has 1 atom stereocenters. The van der Waals surface area contributed by atoms with Crippen molar-refractivity contribution in [2.45, 2.75) is 19.1 Å². The van der Waals surface area contributed by atoms with Gasteiger partial charge >= 0.3 is 6.18 Å². The summed E-state index contributed by atoms with van der Waals surface area (Å²) < 4.78 is 41.0. The topological polar surface area (TPSA) is 49.6 Å². The first-order chi connectivity index (χ1) is 13.3. The lowest BCUT2D eigenvalue weighted by molar-refractivity contribution is -0.146. The van der Waals surface area contributed by atoms with E-state index in [4.69, 9.17) is 0 Å². The molecular weight excluding hydrogens is 437 g/mol. The van der Waals surface area contributed by atoms with Gasteiger partial charge in [0.05, 0.1) is 0 Å². The minimum atomic E-state index is -4.59. The zero-order valence-corrected chi connectivity index (χ0v) is 16.7. The van der Waals surface area contributed by atoms with Crippen molar-refractivity contribution in [1.29, 1.82) is 0 Å². The molecule has 0 N–H and O–H groups in total. The highest BCUT2D eigenvalue weighted by Gasteiger charge is 2.38. The van der Waals surface area contributed by atoms with E-state index >= 15 is 0 Å². The van der Waals surface area contributed by atoms with Crippen LogP contribution in [-0.4, -0.2) is 50.9 Å². The van der Waals surface area contributed by atoms with E-state index in [-0.39, 0.29) is 11.7 Å². The Morgan fingerprint density at radius 1 is 0.964 bits per heavy atom. The molecule has 1 fully saturated rings. The Balaban J connectivity index is 1.48. The molecule has 0 aliphatic carbocycles. The standard InChI is InChI=1S/C18H18BrF3N6/c1-12(13-2-4-14(19)5-3-13)26-8-10-27(11-9-26)16-7-6-15-23-24-17(18(20,21)22)28(15)25-16/h2-7,12H,8-11H2,1H3. The van der Waals surface area contributed by atoms with Crippen LogP contribution in [0, 0.1) is 0 Å². The second-order valence-corrected chi connectivity index (χ2v) is 7.65. The minimum Gasteiger partial charge on any atom is -0.353 e. The van der Waals surface area contributed by atoms with Gasteiger partial charge < -0.3 is 4.90 Å². The van der Waals surface area contributed by atoms with Gasteiger partial charge in [0.15, 0.2) is 5.65 Å². The van der Waals surface area contributed by atoms with E-state index in [1.807, 2.05) is 17.0 Å². The highest BCUT2D eigenvalue weighted by molar-refractivity contribution is 9.10. The van der Waals surface area contributed by atoms with Crippen LogP contribution >= 0.6 is 15.9 Å². The molecule has 2 aromatic heterocycles. The molecule has 3 aromatic rings. The molecule has 28 heavy (non-hydrogen) atoms. The Morgan fingerprint density at radius 2 is 1.64 bits per heavy atom. The summed E-state index contributed by atoms with van der Waals surface area (Å²) in [6.07, 6.45) is -4.59.